The first-order valence-corrected chi connectivity index (χ1v) is 23.0. The molecule has 0 spiro atoms. The van der Waals surface area contributed by atoms with Crippen LogP contribution in [0.4, 0.5) is 68.2 Å². The van der Waals surface area contributed by atoms with Gasteiger partial charge in [0.25, 0.3) is 11.4 Å². The topological polar surface area (TPSA) is 249 Å². The summed E-state index contributed by atoms with van der Waals surface area (Å²) in [6, 6.07) is 33.7. The monoisotopic (exact) mass is 982 g/mol. The van der Waals surface area contributed by atoms with Crippen LogP contribution in [0.3, 0.4) is 0 Å². The van der Waals surface area contributed by atoms with Crippen LogP contribution in [0, 0.1) is 20.2 Å². The number of methoxy groups -OCH3 is 4. The Balaban J connectivity index is 0.000000267. The highest BCUT2D eigenvalue weighted by Gasteiger charge is 2.14. The summed E-state index contributed by atoms with van der Waals surface area (Å²) >= 11 is 0. The van der Waals surface area contributed by atoms with Gasteiger partial charge in [-0.25, -0.2) is 0 Å². The molecule has 0 atom stereocenters. The van der Waals surface area contributed by atoms with E-state index < -0.39 is 9.85 Å². The highest BCUT2D eigenvalue weighted by atomic mass is 16.6. The van der Waals surface area contributed by atoms with Gasteiger partial charge in [0.2, 0.25) is 0 Å². The van der Waals surface area contributed by atoms with Crippen molar-refractivity contribution in [3.8, 4) is 23.0 Å². The first kappa shape index (κ1) is 54.2. The van der Waals surface area contributed by atoms with Gasteiger partial charge in [0.05, 0.1) is 67.6 Å². The molecule has 376 valence electrons. The molecule has 0 fully saturated rings. The van der Waals surface area contributed by atoms with E-state index >= 15 is 0 Å². The molecule has 0 aliphatic carbocycles. The van der Waals surface area contributed by atoms with Crippen LogP contribution in [0.5, 0.6) is 23.0 Å². The Labute approximate surface area is 417 Å². The average molecular weight is 983 g/mol. The first-order chi connectivity index (χ1) is 35.0. The molecule has 6 aromatic rings. The number of nitro benzene ring substituents is 2. The van der Waals surface area contributed by atoms with Crippen molar-refractivity contribution in [3.63, 3.8) is 0 Å². The van der Waals surface area contributed by atoms with Crippen LogP contribution >= 0.6 is 0 Å². The molecule has 72 heavy (non-hydrogen) atoms. The number of rotatable bonds is 24. The number of azo groups is 4. The zero-order chi connectivity index (χ0) is 51.8. The number of ether oxygens (including phenoxy) is 4. The summed E-state index contributed by atoms with van der Waals surface area (Å²) in [7, 11) is 6.06. The lowest BCUT2D eigenvalue weighted by Gasteiger charge is -2.23. The van der Waals surface area contributed by atoms with Crippen molar-refractivity contribution in [3.05, 3.63) is 142 Å². The maximum Gasteiger partial charge on any atom is 0.269 e. The summed E-state index contributed by atoms with van der Waals surface area (Å²) < 4.78 is 21.8. The predicted molar refractivity (Wildman–Crippen MR) is 277 cm³/mol. The molecular formula is C51H58N12O9. The zero-order valence-electron chi connectivity index (χ0n) is 41.3. The van der Waals surface area contributed by atoms with E-state index in [0.29, 0.717) is 69.4 Å². The number of nitro groups is 2. The first-order valence-electron chi connectivity index (χ1n) is 23.0. The predicted octanol–water partition coefficient (Wildman–Crippen LogP) is 14.7. The zero-order valence-corrected chi connectivity index (χ0v) is 41.3. The summed E-state index contributed by atoms with van der Waals surface area (Å²) in [6.45, 7) is 9.99. The molecule has 0 bridgehead atoms. The van der Waals surface area contributed by atoms with Crippen LogP contribution in [0.1, 0.15) is 40.0 Å². The van der Waals surface area contributed by atoms with Crippen molar-refractivity contribution in [1.29, 1.82) is 0 Å². The van der Waals surface area contributed by atoms with Gasteiger partial charge >= 0.3 is 0 Å². The second-order valence-electron chi connectivity index (χ2n) is 15.5. The van der Waals surface area contributed by atoms with Crippen LogP contribution in [0.15, 0.2) is 162 Å². The Bertz CT molecular complexity index is 2600. The molecule has 6 aromatic carbocycles. The lowest BCUT2D eigenvalue weighted by Crippen LogP contribution is -2.27. The fraction of sp³-hybridized carbons (Fsp3) is 0.294. The van der Waals surface area contributed by atoms with Crippen molar-refractivity contribution in [2.45, 2.75) is 40.0 Å². The molecule has 21 heteroatoms. The highest BCUT2D eigenvalue weighted by Crippen LogP contribution is 2.42. The van der Waals surface area contributed by atoms with E-state index in [-0.39, 0.29) is 18.0 Å². The number of benzene rings is 6. The third-order valence-electron chi connectivity index (χ3n) is 10.5. The van der Waals surface area contributed by atoms with Gasteiger partial charge in [-0.2, -0.15) is 20.5 Å². The van der Waals surface area contributed by atoms with Gasteiger partial charge in [-0.3, -0.25) is 20.2 Å². The molecule has 0 radical (unpaired) electrons. The quantitative estimate of drug-likeness (QED) is 0.0339. The fourth-order valence-corrected chi connectivity index (χ4v) is 6.90. The Morgan fingerprint density at radius 1 is 0.417 bits per heavy atom. The number of hydrogen-bond donors (Lipinski definition) is 1. The van der Waals surface area contributed by atoms with E-state index in [1.807, 2.05) is 36.4 Å². The third kappa shape index (κ3) is 15.7. The van der Waals surface area contributed by atoms with Crippen LogP contribution in [-0.4, -0.2) is 76.2 Å². The Kier molecular flexibility index (Phi) is 21.1. The van der Waals surface area contributed by atoms with Gasteiger partial charge in [0, 0.05) is 86.1 Å². The van der Waals surface area contributed by atoms with E-state index in [9.17, 15) is 25.3 Å². The Hall–Kier alpha value is -8.72. The van der Waals surface area contributed by atoms with Gasteiger partial charge in [-0.05, 0) is 92.1 Å². The SMILES string of the molecule is CCCN(CCC)c1ccc(N=Nc2cc(OC)c(N=Nc3ccc([N+](=O)[O-])cc3)cc2OC)cc1.CCCN(CCO)c1ccc(N=Nc2cc(OC)c(N=Nc3ccc([N+](=O)[O-])cc3)cc2OC)cc1. The van der Waals surface area contributed by atoms with E-state index in [2.05, 4.69) is 83.6 Å². The largest absolute Gasteiger partial charge is 0.494 e. The minimum Gasteiger partial charge on any atom is -0.494 e. The Morgan fingerprint density at radius 2 is 0.667 bits per heavy atom. The van der Waals surface area contributed by atoms with E-state index in [1.54, 1.807) is 24.3 Å². The van der Waals surface area contributed by atoms with E-state index in [4.69, 9.17) is 18.9 Å². The lowest BCUT2D eigenvalue weighted by atomic mass is 10.2. The smallest absolute Gasteiger partial charge is 0.269 e. The highest BCUT2D eigenvalue weighted by molar-refractivity contribution is 5.68. The molecule has 0 aliphatic heterocycles. The summed E-state index contributed by atoms with van der Waals surface area (Å²) in [5, 5.41) is 64.9. The van der Waals surface area contributed by atoms with Crippen LogP contribution in [-0.2, 0) is 0 Å². The molecule has 1 N–H and O–H groups in total. The van der Waals surface area contributed by atoms with Gasteiger partial charge in [-0.1, -0.05) is 20.8 Å². The molecule has 0 heterocycles. The van der Waals surface area contributed by atoms with Crippen molar-refractivity contribution in [2.75, 3.05) is 71.0 Å². The number of non-ortho nitro benzene ring substituents is 2. The van der Waals surface area contributed by atoms with Crippen LogP contribution < -0.4 is 28.7 Å². The number of aliphatic hydroxyl groups is 1. The normalized spacial score (nSPS) is 11.2. The molecule has 0 aliphatic rings. The molecule has 6 rings (SSSR count). The fourth-order valence-electron chi connectivity index (χ4n) is 6.90. The second-order valence-corrected chi connectivity index (χ2v) is 15.5. The summed E-state index contributed by atoms with van der Waals surface area (Å²) in [5.74, 6) is 1.71. The standard InChI is InChI=1S/C26H30N6O4.C25H28N6O5/c1-5-15-31(16-6-2)21-11-7-19(8-12-21)27-29-23-17-26(36-4)24(18-25(23)35-3)30-28-20-9-13-22(14-10-20)32(33)34;1-4-13-30(14-15-32)20-9-5-18(6-10-20)26-28-22-16-25(36-3)23(17-24(22)35-2)29-27-19-7-11-21(12-8-19)31(33)34/h7-14,17-18H,5-6,15-16H2,1-4H3;5-12,16-17,32H,4,13-15H2,1-3H3. The maximum atomic E-state index is 10.8. The van der Waals surface area contributed by atoms with Crippen molar-refractivity contribution >= 4 is 68.2 Å². The number of nitrogens with zero attached hydrogens (tertiary/aromatic N) is 12. The van der Waals surface area contributed by atoms with Gasteiger partial charge in [0.1, 0.15) is 45.7 Å². The van der Waals surface area contributed by atoms with E-state index in [1.165, 1.54) is 82.7 Å². The number of hydrogen-bond acceptors (Lipinski definition) is 19. The lowest BCUT2D eigenvalue weighted by molar-refractivity contribution is -0.385. The average Bonchev–Trinajstić information content (AvgIpc) is 3.41. The summed E-state index contributed by atoms with van der Waals surface area (Å²) in [4.78, 5) is 25.1. The minimum absolute atomic E-state index is 0.0169. The molecule has 0 saturated heterocycles. The number of aliphatic hydroxyl groups excluding tert-OH is 1. The number of anilines is 2. The van der Waals surface area contributed by atoms with Gasteiger partial charge in [-0.15, -0.1) is 20.5 Å². The second kappa shape index (κ2) is 28.1. The van der Waals surface area contributed by atoms with Crippen molar-refractivity contribution in [2.24, 2.45) is 40.9 Å². The van der Waals surface area contributed by atoms with Crippen molar-refractivity contribution in [1.82, 2.24) is 0 Å². The minimum atomic E-state index is -0.477. The molecule has 0 amide bonds. The third-order valence-corrected chi connectivity index (χ3v) is 10.5. The van der Waals surface area contributed by atoms with E-state index in [0.717, 1.165) is 50.3 Å². The molecular weight excluding hydrogens is 925 g/mol. The molecule has 0 saturated carbocycles. The summed E-state index contributed by atoms with van der Waals surface area (Å²) in [5.41, 5.74) is 6.16. The van der Waals surface area contributed by atoms with Crippen LogP contribution in [0.25, 0.3) is 0 Å². The Morgan fingerprint density at radius 3 is 0.889 bits per heavy atom. The van der Waals surface area contributed by atoms with Crippen molar-refractivity contribution < 1.29 is 33.9 Å². The van der Waals surface area contributed by atoms with Crippen LogP contribution in [0.2, 0.25) is 0 Å². The van der Waals surface area contributed by atoms with Gasteiger partial charge in [0.15, 0.2) is 0 Å². The molecule has 0 aromatic heterocycles. The maximum absolute atomic E-state index is 10.8. The van der Waals surface area contributed by atoms with Gasteiger partial charge < -0.3 is 33.9 Å². The molecule has 0 unspecified atom stereocenters. The summed E-state index contributed by atoms with van der Waals surface area (Å²) in [6.07, 6.45) is 3.16. The molecule has 21 nitrogen and oxygen atoms in total.